The zero-order chi connectivity index (χ0) is 25.0. The maximum absolute atomic E-state index is 7.18. The fourth-order valence-corrected chi connectivity index (χ4v) is 3.56. The molecule has 2 heterocycles. The topological polar surface area (TPSA) is 75.4 Å². The van der Waals surface area contributed by atoms with Crippen molar-refractivity contribution in [3.63, 3.8) is 0 Å². The van der Waals surface area contributed by atoms with E-state index in [1.165, 1.54) is 6.21 Å². The van der Waals surface area contributed by atoms with E-state index in [4.69, 9.17) is 20.4 Å². The van der Waals surface area contributed by atoms with Crippen LogP contribution in [0.1, 0.15) is 18.3 Å². The van der Waals surface area contributed by atoms with Gasteiger partial charge in [-0.15, -0.1) is 0 Å². The monoisotopic (exact) mass is 469 g/mol. The van der Waals surface area contributed by atoms with Gasteiger partial charge in [0.05, 0.1) is 5.69 Å². The first kappa shape index (κ1) is 24.4. The van der Waals surface area contributed by atoms with Crippen molar-refractivity contribution >= 4 is 12.3 Å². The molecule has 0 aliphatic rings. The molecule has 2 aromatic heterocycles. The van der Waals surface area contributed by atoms with Gasteiger partial charge in [-0.2, -0.15) is 0 Å². The summed E-state index contributed by atoms with van der Waals surface area (Å²) in [4.78, 5) is 19.0. The first-order chi connectivity index (χ1) is 17.8. The summed E-state index contributed by atoms with van der Waals surface area (Å²) < 4.78 is 0. The second-order valence-electron chi connectivity index (χ2n) is 7.89. The molecule has 0 saturated carbocycles. The fourth-order valence-electron chi connectivity index (χ4n) is 3.56. The largest absolute Gasteiger partial charge is 0.309 e. The van der Waals surface area contributed by atoms with Gasteiger partial charge in [-0.3, -0.25) is 4.98 Å². The van der Waals surface area contributed by atoms with Crippen LogP contribution >= 0.6 is 0 Å². The third-order valence-corrected chi connectivity index (χ3v) is 5.24. The van der Waals surface area contributed by atoms with Crippen molar-refractivity contribution in [3.8, 4) is 34.0 Å². The van der Waals surface area contributed by atoms with Gasteiger partial charge in [0, 0.05) is 35.5 Å². The predicted octanol–water partition coefficient (Wildman–Crippen LogP) is 7.16. The highest BCUT2D eigenvalue weighted by atomic mass is 15.0. The number of nitrogens with zero attached hydrogens (tertiary/aromatic N) is 4. The Labute approximate surface area is 211 Å². The van der Waals surface area contributed by atoms with Crippen molar-refractivity contribution in [3.05, 3.63) is 127 Å². The molecule has 0 fully saturated rings. The molecule has 0 aliphatic carbocycles. The van der Waals surface area contributed by atoms with Crippen LogP contribution in [0.2, 0.25) is 0 Å². The zero-order valence-corrected chi connectivity index (χ0v) is 20.1. The van der Waals surface area contributed by atoms with Gasteiger partial charge in [0.1, 0.15) is 5.82 Å². The molecule has 5 nitrogen and oxygen atoms in total. The van der Waals surface area contributed by atoms with E-state index in [-0.39, 0.29) is 0 Å². The van der Waals surface area contributed by atoms with Crippen LogP contribution in [0.15, 0.2) is 115 Å². The smallest absolute Gasteiger partial charge is 0.163 e. The molecule has 0 unspecified atom stereocenters. The lowest BCUT2D eigenvalue weighted by Gasteiger charge is -2.10. The Morgan fingerprint density at radius 1 is 0.722 bits per heavy atom. The summed E-state index contributed by atoms with van der Waals surface area (Å²) in [6.45, 7) is 1.99. The number of benzene rings is 2. The van der Waals surface area contributed by atoms with Crippen molar-refractivity contribution in [1.29, 1.82) is 5.41 Å². The van der Waals surface area contributed by atoms with Crippen LogP contribution in [0, 0.1) is 5.41 Å². The van der Waals surface area contributed by atoms with Crippen LogP contribution in [0.3, 0.4) is 0 Å². The van der Waals surface area contributed by atoms with Crippen molar-refractivity contribution in [2.45, 2.75) is 13.3 Å². The van der Waals surface area contributed by atoms with E-state index in [1.54, 1.807) is 12.3 Å². The maximum atomic E-state index is 7.18. The summed E-state index contributed by atoms with van der Waals surface area (Å²) in [5, 5.41) is 7.18. The molecule has 0 spiro atoms. The molecule has 0 radical (unpaired) electrons. The van der Waals surface area contributed by atoms with Crippen LogP contribution in [0.25, 0.3) is 40.1 Å². The van der Waals surface area contributed by atoms with Gasteiger partial charge in [0.15, 0.2) is 11.6 Å². The quantitative estimate of drug-likeness (QED) is 0.208. The van der Waals surface area contributed by atoms with Gasteiger partial charge in [-0.05, 0) is 48.9 Å². The van der Waals surface area contributed by atoms with Crippen molar-refractivity contribution < 1.29 is 0 Å². The summed E-state index contributed by atoms with van der Waals surface area (Å²) in [6, 6.07) is 22.0. The second-order valence-corrected chi connectivity index (χ2v) is 7.89. The van der Waals surface area contributed by atoms with Crippen LogP contribution in [0.4, 0.5) is 0 Å². The molecule has 0 aliphatic heterocycles. The molecule has 36 heavy (non-hydrogen) atoms. The van der Waals surface area contributed by atoms with Gasteiger partial charge in [-0.1, -0.05) is 78.9 Å². The molecule has 0 saturated heterocycles. The van der Waals surface area contributed by atoms with Crippen molar-refractivity contribution in [1.82, 2.24) is 19.9 Å². The molecule has 0 bridgehead atoms. The normalized spacial score (nSPS) is 11.8. The molecule has 176 valence electrons. The fraction of sp³-hybridized carbons (Fsp3) is 0.0645. The first-order valence-corrected chi connectivity index (χ1v) is 11.8. The number of aromatic nitrogens is 4. The molecular weight excluding hydrogens is 442 g/mol. The highest BCUT2D eigenvalue weighted by Crippen LogP contribution is 2.27. The molecule has 5 heteroatoms. The number of hydrogen-bond donors (Lipinski definition) is 1. The average Bonchev–Trinajstić information content (AvgIpc) is 2.94. The SMILES string of the molecule is C/C=C\C=C/Cc1nc(-c2ccccc2)nc(-c2cc(/C=C/C=C\C=N)cc(-c3ccccn3)c2)n1. The standard InChI is InChI=1S/C31H27N5/c1-2-3-4-10-18-29-34-30(25-15-8-5-9-16-25)36-31(35-29)27-22-24(14-7-6-12-19-32)21-26(23-27)28-17-11-13-20-33-28/h2-17,19-23,32H,18H2,1H3/b3-2-,10-4-,12-6-,14-7+,32-19?. The number of allylic oxidation sites excluding steroid dienone is 7. The maximum Gasteiger partial charge on any atom is 0.163 e. The Morgan fingerprint density at radius 3 is 2.25 bits per heavy atom. The third-order valence-electron chi connectivity index (χ3n) is 5.24. The van der Waals surface area contributed by atoms with Crippen LogP contribution < -0.4 is 0 Å². The van der Waals surface area contributed by atoms with E-state index < -0.39 is 0 Å². The number of nitrogens with one attached hydrogen (secondary N) is 1. The minimum atomic E-state index is 0.598. The first-order valence-electron chi connectivity index (χ1n) is 11.8. The molecule has 4 aromatic rings. The molecular formula is C31H27N5. The van der Waals surface area contributed by atoms with Gasteiger partial charge >= 0.3 is 0 Å². The Morgan fingerprint density at radius 2 is 1.50 bits per heavy atom. The van der Waals surface area contributed by atoms with E-state index in [2.05, 4.69) is 23.2 Å². The molecule has 0 amide bonds. The Hall–Kier alpha value is -4.77. The molecule has 1 N–H and O–H groups in total. The third kappa shape index (κ3) is 6.64. The van der Waals surface area contributed by atoms with Gasteiger partial charge in [-0.25, -0.2) is 15.0 Å². The predicted molar refractivity (Wildman–Crippen MR) is 149 cm³/mol. The van der Waals surface area contributed by atoms with E-state index >= 15 is 0 Å². The number of rotatable bonds is 9. The Bertz CT molecular complexity index is 1420. The lowest BCUT2D eigenvalue weighted by Crippen LogP contribution is -2.03. The summed E-state index contributed by atoms with van der Waals surface area (Å²) in [5.74, 6) is 1.96. The van der Waals surface area contributed by atoms with E-state index in [0.29, 0.717) is 23.9 Å². The van der Waals surface area contributed by atoms with Crippen LogP contribution in [-0.4, -0.2) is 26.2 Å². The Balaban J connectivity index is 1.84. The van der Waals surface area contributed by atoms with Gasteiger partial charge in [0.2, 0.25) is 0 Å². The molecule has 0 atom stereocenters. The van der Waals surface area contributed by atoms with Gasteiger partial charge < -0.3 is 5.41 Å². The van der Waals surface area contributed by atoms with Crippen molar-refractivity contribution in [2.24, 2.45) is 0 Å². The summed E-state index contributed by atoms with van der Waals surface area (Å²) in [6.07, 6.45) is 19.1. The van der Waals surface area contributed by atoms with E-state index in [0.717, 1.165) is 27.9 Å². The molecule has 4 rings (SSSR count). The lowest BCUT2D eigenvalue weighted by atomic mass is 10.0. The zero-order valence-electron chi connectivity index (χ0n) is 20.1. The highest BCUT2D eigenvalue weighted by molar-refractivity contribution is 5.74. The second kappa shape index (κ2) is 12.6. The van der Waals surface area contributed by atoms with E-state index in [9.17, 15) is 0 Å². The molecule has 2 aromatic carbocycles. The summed E-state index contributed by atoms with van der Waals surface area (Å²) in [5.41, 5.74) is 4.65. The van der Waals surface area contributed by atoms with Crippen LogP contribution in [0.5, 0.6) is 0 Å². The van der Waals surface area contributed by atoms with E-state index in [1.807, 2.05) is 98.0 Å². The minimum Gasteiger partial charge on any atom is -0.309 e. The highest BCUT2D eigenvalue weighted by Gasteiger charge is 2.12. The summed E-state index contributed by atoms with van der Waals surface area (Å²) in [7, 11) is 0. The van der Waals surface area contributed by atoms with Gasteiger partial charge in [0.25, 0.3) is 0 Å². The Kier molecular flexibility index (Phi) is 8.54. The average molecular weight is 470 g/mol. The minimum absolute atomic E-state index is 0.598. The number of hydrogen-bond acceptors (Lipinski definition) is 5. The van der Waals surface area contributed by atoms with Crippen LogP contribution in [-0.2, 0) is 6.42 Å². The lowest BCUT2D eigenvalue weighted by molar-refractivity contribution is 0.947. The van der Waals surface area contributed by atoms with Crippen molar-refractivity contribution in [2.75, 3.05) is 0 Å². The summed E-state index contributed by atoms with van der Waals surface area (Å²) >= 11 is 0. The number of pyridine rings is 1.